The van der Waals surface area contributed by atoms with Crippen LogP contribution in [0.1, 0.15) is 0 Å². The van der Waals surface area contributed by atoms with Gasteiger partial charge in [-0.15, -0.1) is 0 Å². The van der Waals surface area contributed by atoms with Crippen molar-refractivity contribution in [2.24, 2.45) is 7.05 Å². The fourth-order valence-electron chi connectivity index (χ4n) is 2.89. The summed E-state index contributed by atoms with van der Waals surface area (Å²) in [6.07, 6.45) is 5.83. The molecule has 23 heavy (non-hydrogen) atoms. The van der Waals surface area contributed by atoms with Crippen LogP contribution in [-0.4, -0.2) is 52.8 Å². The first kappa shape index (κ1) is 14.1. The molecule has 7 nitrogen and oxygen atoms in total. The minimum Gasteiger partial charge on any atom is -0.494 e. The number of hydrogen-bond acceptors (Lipinski definition) is 5. The van der Waals surface area contributed by atoms with Crippen LogP contribution in [0.3, 0.4) is 0 Å². The molecule has 0 atom stereocenters. The highest BCUT2D eigenvalue weighted by atomic mass is 16.5. The highest BCUT2D eigenvalue weighted by Crippen LogP contribution is 2.30. The lowest BCUT2D eigenvalue weighted by molar-refractivity contribution is 0.122. The molecule has 0 aromatic carbocycles. The molecule has 0 radical (unpaired) electrons. The molecule has 0 N–H and O–H groups in total. The molecule has 1 aliphatic heterocycles. The van der Waals surface area contributed by atoms with E-state index in [1.54, 1.807) is 11.8 Å². The maximum atomic E-state index is 5.57. The Morgan fingerprint density at radius 2 is 1.96 bits per heavy atom. The minimum absolute atomic E-state index is 0.742. The third kappa shape index (κ3) is 2.53. The third-order valence-corrected chi connectivity index (χ3v) is 4.12. The van der Waals surface area contributed by atoms with Crippen molar-refractivity contribution in [2.75, 3.05) is 38.3 Å². The third-order valence-electron chi connectivity index (χ3n) is 4.12. The summed E-state index contributed by atoms with van der Waals surface area (Å²) in [4.78, 5) is 2.24. The van der Waals surface area contributed by atoms with Gasteiger partial charge in [0, 0.05) is 49.7 Å². The number of methoxy groups -OCH3 is 1. The summed E-state index contributed by atoms with van der Waals surface area (Å²) in [5, 5.41) is 8.95. The molecule has 0 spiro atoms. The number of aryl methyl sites for hydroxylation is 1. The lowest BCUT2D eigenvalue weighted by Gasteiger charge is -2.26. The maximum absolute atomic E-state index is 5.57. The first-order valence-corrected chi connectivity index (χ1v) is 7.64. The van der Waals surface area contributed by atoms with Crippen LogP contribution in [0.15, 0.2) is 30.7 Å². The zero-order valence-electron chi connectivity index (χ0n) is 13.3. The predicted octanol–water partition coefficient (Wildman–Crippen LogP) is 1.58. The smallest absolute Gasteiger partial charge is 0.151 e. The average molecular weight is 313 g/mol. The Labute approximate surface area is 134 Å². The first-order chi connectivity index (χ1) is 11.2. The normalized spacial score (nSPS) is 15.3. The Bertz CT molecular complexity index is 832. The van der Waals surface area contributed by atoms with Crippen molar-refractivity contribution in [3.8, 4) is 16.9 Å². The lowest BCUT2D eigenvalue weighted by Crippen LogP contribution is -2.36. The molecule has 3 aromatic heterocycles. The van der Waals surface area contributed by atoms with Gasteiger partial charge >= 0.3 is 0 Å². The zero-order valence-corrected chi connectivity index (χ0v) is 13.3. The molecule has 1 fully saturated rings. The number of ether oxygens (including phenoxy) is 2. The molecule has 0 amide bonds. The highest BCUT2D eigenvalue weighted by Gasteiger charge is 2.17. The second-order valence-corrected chi connectivity index (χ2v) is 5.63. The Balaban J connectivity index is 1.79. The van der Waals surface area contributed by atoms with Crippen molar-refractivity contribution in [2.45, 2.75) is 0 Å². The molecule has 0 bridgehead atoms. The molecule has 1 aliphatic rings. The molecule has 0 saturated carbocycles. The van der Waals surface area contributed by atoms with Crippen LogP contribution in [0, 0.1) is 0 Å². The molecule has 0 unspecified atom stereocenters. The van der Waals surface area contributed by atoms with E-state index in [2.05, 4.69) is 16.1 Å². The van der Waals surface area contributed by atoms with E-state index in [0.29, 0.717) is 0 Å². The summed E-state index contributed by atoms with van der Waals surface area (Å²) in [5.74, 6) is 1.76. The predicted molar refractivity (Wildman–Crippen MR) is 87.0 cm³/mol. The molecule has 1 saturated heterocycles. The molecule has 0 aliphatic carbocycles. The number of pyridine rings is 1. The van der Waals surface area contributed by atoms with Crippen molar-refractivity contribution in [3.05, 3.63) is 30.7 Å². The van der Waals surface area contributed by atoms with E-state index in [1.807, 2.05) is 36.2 Å². The van der Waals surface area contributed by atoms with Gasteiger partial charge in [-0.05, 0) is 6.07 Å². The van der Waals surface area contributed by atoms with Gasteiger partial charge in [-0.3, -0.25) is 4.68 Å². The SMILES string of the molecule is COc1cc(-c2cnn(C)c2)cn2nc(N3CCOCC3)cc12. The van der Waals surface area contributed by atoms with Gasteiger partial charge in [-0.25, -0.2) is 4.52 Å². The fourth-order valence-corrected chi connectivity index (χ4v) is 2.89. The van der Waals surface area contributed by atoms with Gasteiger partial charge in [-0.2, -0.15) is 10.2 Å². The topological polar surface area (TPSA) is 56.8 Å². The summed E-state index contributed by atoms with van der Waals surface area (Å²) >= 11 is 0. The van der Waals surface area contributed by atoms with Crippen molar-refractivity contribution >= 4 is 11.3 Å². The van der Waals surface area contributed by atoms with Crippen molar-refractivity contribution < 1.29 is 9.47 Å². The van der Waals surface area contributed by atoms with Crippen LogP contribution in [-0.2, 0) is 11.8 Å². The van der Waals surface area contributed by atoms with E-state index >= 15 is 0 Å². The second-order valence-electron chi connectivity index (χ2n) is 5.63. The van der Waals surface area contributed by atoms with Crippen LogP contribution >= 0.6 is 0 Å². The van der Waals surface area contributed by atoms with Gasteiger partial charge in [0.1, 0.15) is 11.3 Å². The molecule has 120 valence electrons. The van der Waals surface area contributed by atoms with Crippen LogP contribution in [0.25, 0.3) is 16.6 Å². The molecule has 4 rings (SSSR count). The van der Waals surface area contributed by atoms with Gasteiger partial charge < -0.3 is 14.4 Å². The van der Waals surface area contributed by atoms with Gasteiger partial charge in [0.15, 0.2) is 5.82 Å². The summed E-state index contributed by atoms with van der Waals surface area (Å²) in [6.45, 7) is 3.21. The van der Waals surface area contributed by atoms with Crippen LogP contribution in [0.5, 0.6) is 5.75 Å². The number of fused-ring (bicyclic) bond motifs is 1. The molecule has 4 heterocycles. The molecule has 3 aromatic rings. The summed E-state index contributed by atoms with van der Waals surface area (Å²) < 4.78 is 14.6. The Morgan fingerprint density at radius 1 is 1.13 bits per heavy atom. The summed E-state index contributed by atoms with van der Waals surface area (Å²) in [5.41, 5.74) is 3.02. The minimum atomic E-state index is 0.742. The molecular formula is C16H19N5O2. The number of morpholine rings is 1. The number of aromatic nitrogens is 4. The standard InChI is InChI=1S/C16H19N5O2/c1-19-10-13(9-17-19)12-7-15(22-2)14-8-16(18-21(14)11-12)20-3-5-23-6-4-20/h7-11H,3-6H2,1-2H3. The monoisotopic (exact) mass is 313 g/mol. The van der Waals surface area contributed by atoms with E-state index in [-0.39, 0.29) is 0 Å². The van der Waals surface area contributed by atoms with Crippen LogP contribution in [0.2, 0.25) is 0 Å². The number of anilines is 1. The number of rotatable bonds is 3. The number of nitrogens with zero attached hydrogens (tertiary/aromatic N) is 5. The summed E-state index contributed by atoms with van der Waals surface area (Å²) in [6, 6.07) is 4.09. The van der Waals surface area contributed by atoms with Crippen LogP contribution in [0.4, 0.5) is 5.82 Å². The Morgan fingerprint density at radius 3 is 2.65 bits per heavy atom. The van der Waals surface area contributed by atoms with Gasteiger partial charge in [0.2, 0.25) is 0 Å². The maximum Gasteiger partial charge on any atom is 0.151 e. The van der Waals surface area contributed by atoms with Crippen molar-refractivity contribution in [1.82, 2.24) is 19.4 Å². The largest absolute Gasteiger partial charge is 0.494 e. The molecule has 7 heteroatoms. The van der Waals surface area contributed by atoms with E-state index in [1.165, 1.54) is 0 Å². The quantitative estimate of drug-likeness (QED) is 0.735. The lowest BCUT2D eigenvalue weighted by atomic mass is 10.1. The van der Waals surface area contributed by atoms with Crippen LogP contribution < -0.4 is 9.64 Å². The number of hydrogen-bond donors (Lipinski definition) is 0. The van der Waals surface area contributed by atoms with E-state index in [9.17, 15) is 0 Å². The first-order valence-electron chi connectivity index (χ1n) is 7.64. The van der Waals surface area contributed by atoms with E-state index in [0.717, 1.165) is 54.5 Å². The van der Waals surface area contributed by atoms with Crippen molar-refractivity contribution in [1.29, 1.82) is 0 Å². The zero-order chi connectivity index (χ0) is 15.8. The van der Waals surface area contributed by atoms with Crippen molar-refractivity contribution in [3.63, 3.8) is 0 Å². The Kier molecular flexibility index (Phi) is 3.42. The Hall–Kier alpha value is -2.54. The fraction of sp³-hybridized carbons (Fsp3) is 0.375. The molecular weight excluding hydrogens is 294 g/mol. The van der Waals surface area contributed by atoms with E-state index < -0.39 is 0 Å². The van der Waals surface area contributed by atoms with E-state index in [4.69, 9.17) is 14.6 Å². The van der Waals surface area contributed by atoms with Gasteiger partial charge in [-0.1, -0.05) is 0 Å². The highest BCUT2D eigenvalue weighted by molar-refractivity contribution is 5.72. The van der Waals surface area contributed by atoms with Gasteiger partial charge in [0.05, 0.1) is 26.5 Å². The van der Waals surface area contributed by atoms with Gasteiger partial charge in [0.25, 0.3) is 0 Å². The second kappa shape index (κ2) is 5.58. The summed E-state index contributed by atoms with van der Waals surface area (Å²) in [7, 11) is 3.59. The average Bonchev–Trinajstić information content (AvgIpc) is 3.20.